The van der Waals surface area contributed by atoms with Crippen LogP contribution in [0.15, 0.2) is 18.2 Å². The number of piperidine rings is 1. The van der Waals surface area contributed by atoms with Crippen molar-refractivity contribution in [3.8, 4) is 11.5 Å². The van der Waals surface area contributed by atoms with E-state index in [1.165, 1.54) is 0 Å². The second kappa shape index (κ2) is 6.55. The number of morpholine rings is 1. The zero-order valence-electron chi connectivity index (χ0n) is 14.3. The van der Waals surface area contributed by atoms with Crippen LogP contribution in [0.1, 0.15) is 24.4 Å². The zero-order chi connectivity index (χ0) is 17.4. The highest BCUT2D eigenvalue weighted by Gasteiger charge is 2.41. The Morgan fingerprint density at radius 1 is 1.16 bits per heavy atom. The van der Waals surface area contributed by atoms with Gasteiger partial charge in [0.15, 0.2) is 11.5 Å². The lowest BCUT2D eigenvalue weighted by Gasteiger charge is -2.41. The molecule has 2 fully saturated rings. The monoisotopic (exact) mass is 346 g/mol. The summed E-state index contributed by atoms with van der Waals surface area (Å²) >= 11 is 0. The molecule has 2 unspecified atom stereocenters. The highest BCUT2D eigenvalue weighted by molar-refractivity contribution is 5.85. The Morgan fingerprint density at radius 2 is 1.92 bits per heavy atom. The van der Waals surface area contributed by atoms with Gasteiger partial charge in [0.2, 0.25) is 18.6 Å². The van der Waals surface area contributed by atoms with Gasteiger partial charge in [-0.05, 0) is 24.1 Å². The fourth-order valence-corrected chi connectivity index (χ4v) is 3.87. The van der Waals surface area contributed by atoms with Gasteiger partial charge in [0.05, 0.1) is 25.2 Å². The predicted octanol–water partition coefficient (Wildman–Crippen LogP) is 1.18. The van der Waals surface area contributed by atoms with E-state index in [1.54, 1.807) is 11.9 Å². The van der Waals surface area contributed by atoms with E-state index in [9.17, 15) is 9.59 Å². The molecule has 3 heterocycles. The Balaban J connectivity index is 1.64. The van der Waals surface area contributed by atoms with Gasteiger partial charge in [0.1, 0.15) is 0 Å². The summed E-state index contributed by atoms with van der Waals surface area (Å²) in [6.07, 6.45) is 0.969. The van der Waals surface area contributed by atoms with Crippen molar-refractivity contribution in [2.45, 2.75) is 18.9 Å². The van der Waals surface area contributed by atoms with Crippen molar-refractivity contribution in [3.05, 3.63) is 23.8 Å². The van der Waals surface area contributed by atoms with Gasteiger partial charge in [-0.25, -0.2) is 0 Å². The molecule has 0 aromatic heterocycles. The molecule has 1 aromatic rings. The van der Waals surface area contributed by atoms with Crippen LogP contribution in [-0.4, -0.2) is 61.8 Å². The van der Waals surface area contributed by atoms with Crippen LogP contribution < -0.4 is 9.47 Å². The molecule has 7 heteroatoms. The number of nitrogens with zero attached hydrogens (tertiary/aromatic N) is 2. The van der Waals surface area contributed by atoms with E-state index >= 15 is 0 Å². The summed E-state index contributed by atoms with van der Waals surface area (Å²) in [7, 11) is 1.77. The molecule has 2 saturated heterocycles. The third-order valence-electron chi connectivity index (χ3n) is 5.24. The first kappa shape index (κ1) is 16.2. The lowest BCUT2D eigenvalue weighted by Crippen LogP contribution is -2.50. The van der Waals surface area contributed by atoms with Gasteiger partial charge in [0.25, 0.3) is 0 Å². The molecule has 7 nitrogen and oxygen atoms in total. The first-order chi connectivity index (χ1) is 12.1. The van der Waals surface area contributed by atoms with Crippen molar-refractivity contribution in [1.82, 2.24) is 9.80 Å². The van der Waals surface area contributed by atoms with Gasteiger partial charge >= 0.3 is 0 Å². The molecule has 0 N–H and O–H groups in total. The molecular weight excluding hydrogens is 324 g/mol. The Morgan fingerprint density at radius 3 is 2.72 bits per heavy atom. The number of rotatable bonds is 2. The number of likely N-dealkylation sites (tertiary alicyclic amines) is 1. The third kappa shape index (κ3) is 2.93. The van der Waals surface area contributed by atoms with Crippen LogP contribution in [0.2, 0.25) is 0 Å². The molecule has 0 spiro atoms. The standard InChI is InChI=1S/C18H22N2O5/c1-19-16(21)5-3-13(18(22)20-6-8-23-9-7-20)17(19)12-2-4-14-15(10-12)25-11-24-14/h2,4,10,13,17H,3,5-9,11H2,1H3. The summed E-state index contributed by atoms with van der Waals surface area (Å²) in [4.78, 5) is 28.9. The molecule has 0 bridgehead atoms. The van der Waals surface area contributed by atoms with Crippen LogP contribution in [0, 0.1) is 5.92 Å². The quantitative estimate of drug-likeness (QED) is 0.804. The second-order valence-corrected chi connectivity index (χ2v) is 6.65. The van der Waals surface area contributed by atoms with Crippen LogP contribution in [-0.2, 0) is 14.3 Å². The Bertz CT molecular complexity index is 686. The van der Waals surface area contributed by atoms with Crippen molar-refractivity contribution in [1.29, 1.82) is 0 Å². The van der Waals surface area contributed by atoms with E-state index in [4.69, 9.17) is 14.2 Å². The van der Waals surface area contributed by atoms with Gasteiger partial charge in [-0.15, -0.1) is 0 Å². The molecule has 0 radical (unpaired) electrons. The number of hydrogen-bond acceptors (Lipinski definition) is 5. The summed E-state index contributed by atoms with van der Waals surface area (Å²) in [6, 6.07) is 5.38. The highest BCUT2D eigenvalue weighted by Crippen LogP contribution is 2.41. The molecule has 3 aliphatic heterocycles. The number of carbonyl (C=O) groups excluding carboxylic acids is 2. The molecule has 2 atom stereocenters. The summed E-state index contributed by atoms with van der Waals surface area (Å²) < 4.78 is 16.2. The molecule has 134 valence electrons. The van der Waals surface area contributed by atoms with Crippen molar-refractivity contribution >= 4 is 11.8 Å². The number of amides is 2. The van der Waals surface area contributed by atoms with Crippen LogP contribution in [0.5, 0.6) is 11.5 Å². The van der Waals surface area contributed by atoms with E-state index in [2.05, 4.69) is 0 Å². The molecule has 0 saturated carbocycles. The maximum absolute atomic E-state index is 13.1. The molecule has 1 aromatic carbocycles. The predicted molar refractivity (Wildman–Crippen MR) is 88.2 cm³/mol. The molecule has 25 heavy (non-hydrogen) atoms. The van der Waals surface area contributed by atoms with E-state index in [-0.39, 0.29) is 30.6 Å². The lowest BCUT2D eigenvalue weighted by atomic mass is 9.83. The first-order valence-electron chi connectivity index (χ1n) is 8.67. The zero-order valence-corrected chi connectivity index (χ0v) is 14.3. The average molecular weight is 346 g/mol. The van der Waals surface area contributed by atoms with Gasteiger partial charge in [0, 0.05) is 26.6 Å². The molecule has 0 aliphatic carbocycles. The van der Waals surface area contributed by atoms with E-state index < -0.39 is 0 Å². The SMILES string of the molecule is CN1C(=O)CCC(C(=O)N2CCOCC2)C1c1ccc2c(c1)OCO2. The molecule has 3 aliphatic rings. The smallest absolute Gasteiger partial charge is 0.231 e. The van der Waals surface area contributed by atoms with Gasteiger partial charge in [-0.1, -0.05) is 6.07 Å². The minimum absolute atomic E-state index is 0.0636. The number of fused-ring (bicyclic) bond motifs is 1. The third-order valence-corrected chi connectivity index (χ3v) is 5.24. The van der Waals surface area contributed by atoms with Crippen LogP contribution in [0.25, 0.3) is 0 Å². The Hall–Kier alpha value is -2.28. The van der Waals surface area contributed by atoms with Gasteiger partial charge in [-0.2, -0.15) is 0 Å². The largest absolute Gasteiger partial charge is 0.454 e. The van der Waals surface area contributed by atoms with Crippen molar-refractivity contribution in [2.75, 3.05) is 40.1 Å². The number of ether oxygens (including phenoxy) is 3. The molecule has 4 rings (SSSR count). The molecule has 2 amide bonds. The molecular formula is C18H22N2O5. The number of carbonyl (C=O) groups is 2. The van der Waals surface area contributed by atoms with Crippen molar-refractivity contribution in [3.63, 3.8) is 0 Å². The van der Waals surface area contributed by atoms with Gasteiger partial charge in [-0.3, -0.25) is 9.59 Å². The maximum atomic E-state index is 13.1. The highest BCUT2D eigenvalue weighted by atomic mass is 16.7. The second-order valence-electron chi connectivity index (χ2n) is 6.65. The van der Waals surface area contributed by atoms with E-state index in [0.29, 0.717) is 50.6 Å². The minimum Gasteiger partial charge on any atom is -0.454 e. The van der Waals surface area contributed by atoms with Crippen LogP contribution in [0.3, 0.4) is 0 Å². The van der Waals surface area contributed by atoms with Crippen LogP contribution in [0.4, 0.5) is 0 Å². The van der Waals surface area contributed by atoms with E-state index in [0.717, 1.165) is 5.56 Å². The Kier molecular flexibility index (Phi) is 4.25. The van der Waals surface area contributed by atoms with Crippen molar-refractivity contribution in [2.24, 2.45) is 5.92 Å². The summed E-state index contributed by atoms with van der Waals surface area (Å²) in [6.45, 7) is 2.57. The number of hydrogen-bond donors (Lipinski definition) is 0. The lowest BCUT2D eigenvalue weighted by molar-refractivity contribution is -0.149. The summed E-state index contributed by atoms with van der Waals surface area (Å²) in [5.74, 6) is 1.28. The fraction of sp³-hybridized carbons (Fsp3) is 0.556. The average Bonchev–Trinajstić information content (AvgIpc) is 3.11. The fourth-order valence-electron chi connectivity index (χ4n) is 3.87. The topological polar surface area (TPSA) is 68.3 Å². The van der Waals surface area contributed by atoms with Crippen molar-refractivity contribution < 1.29 is 23.8 Å². The van der Waals surface area contributed by atoms with E-state index in [1.807, 2.05) is 23.1 Å². The van der Waals surface area contributed by atoms with Gasteiger partial charge < -0.3 is 24.0 Å². The first-order valence-corrected chi connectivity index (χ1v) is 8.67. The minimum atomic E-state index is -0.286. The maximum Gasteiger partial charge on any atom is 0.231 e. The summed E-state index contributed by atoms with van der Waals surface area (Å²) in [5.41, 5.74) is 0.909. The summed E-state index contributed by atoms with van der Waals surface area (Å²) in [5, 5.41) is 0. The Labute approximate surface area is 146 Å². The normalized spacial score (nSPS) is 26.0. The van der Waals surface area contributed by atoms with Crippen LogP contribution >= 0.6 is 0 Å². The number of benzene rings is 1.